The second kappa shape index (κ2) is 6.38. The maximum Gasteiger partial charge on any atom is 0.328 e. The molecule has 4 N–H and O–H groups in total. The van der Waals surface area contributed by atoms with Gasteiger partial charge < -0.3 is 20.8 Å². The van der Waals surface area contributed by atoms with Crippen molar-refractivity contribution >= 4 is 12.0 Å². The van der Waals surface area contributed by atoms with E-state index in [4.69, 9.17) is 10.2 Å². The van der Waals surface area contributed by atoms with E-state index < -0.39 is 24.6 Å². The van der Waals surface area contributed by atoms with Crippen molar-refractivity contribution in [2.45, 2.75) is 31.3 Å². The number of carbonyl (C=O) groups is 2. The molecular weight excluding hydrogens is 260 g/mol. The molecule has 2 amide bonds. The Morgan fingerprint density at radius 2 is 2.10 bits per heavy atom. The van der Waals surface area contributed by atoms with Gasteiger partial charge in [0.05, 0.1) is 12.6 Å². The van der Waals surface area contributed by atoms with E-state index in [0.717, 1.165) is 24.8 Å². The number of urea groups is 1. The zero-order valence-corrected chi connectivity index (χ0v) is 11.0. The van der Waals surface area contributed by atoms with E-state index in [1.807, 2.05) is 24.3 Å². The Kier molecular flexibility index (Phi) is 4.57. The molecule has 0 fully saturated rings. The van der Waals surface area contributed by atoms with Gasteiger partial charge in [0.15, 0.2) is 6.04 Å². The zero-order valence-electron chi connectivity index (χ0n) is 11.0. The van der Waals surface area contributed by atoms with Gasteiger partial charge in [-0.2, -0.15) is 0 Å². The lowest BCUT2D eigenvalue weighted by atomic mass is 9.88. The summed E-state index contributed by atoms with van der Waals surface area (Å²) in [6.07, 6.45) is 2.79. The number of hydrogen-bond acceptors (Lipinski definition) is 3. The van der Waals surface area contributed by atoms with E-state index in [-0.39, 0.29) is 6.04 Å². The van der Waals surface area contributed by atoms with Gasteiger partial charge in [-0.3, -0.25) is 0 Å². The van der Waals surface area contributed by atoms with Crippen molar-refractivity contribution in [3.63, 3.8) is 0 Å². The number of rotatable bonds is 4. The highest BCUT2D eigenvalue weighted by Crippen LogP contribution is 2.29. The third kappa shape index (κ3) is 3.27. The van der Waals surface area contributed by atoms with Crippen LogP contribution in [0.1, 0.15) is 30.0 Å². The molecule has 108 valence electrons. The average molecular weight is 278 g/mol. The lowest BCUT2D eigenvalue weighted by Crippen LogP contribution is -2.49. The predicted molar refractivity (Wildman–Crippen MR) is 72.3 cm³/mol. The largest absolute Gasteiger partial charge is 0.480 e. The molecular formula is C14H18N2O4. The van der Waals surface area contributed by atoms with Crippen LogP contribution < -0.4 is 10.6 Å². The van der Waals surface area contributed by atoms with E-state index in [1.54, 1.807) is 0 Å². The Bertz CT molecular complexity index is 504. The normalized spacial score (nSPS) is 18.8. The maximum absolute atomic E-state index is 11.8. The van der Waals surface area contributed by atoms with Crippen LogP contribution in [-0.4, -0.2) is 34.9 Å². The van der Waals surface area contributed by atoms with Crippen LogP contribution in [0.15, 0.2) is 24.3 Å². The molecule has 6 heteroatoms. The molecule has 0 saturated heterocycles. The van der Waals surface area contributed by atoms with Gasteiger partial charge >= 0.3 is 12.0 Å². The number of benzene rings is 1. The van der Waals surface area contributed by atoms with Gasteiger partial charge in [-0.05, 0) is 30.4 Å². The quantitative estimate of drug-likeness (QED) is 0.655. The van der Waals surface area contributed by atoms with Crippen molar-refractivity contribution in [1.29, 1.82) is 0 Å². The van der Waals surface area contributed by atoms with Gasteiger partial charge in [0, 0.05) is 0 Å². The van der Waals surface area contributed by atoms with E-state index in [9.17, 15) is 9.59 Å². The van der Waals surface area contributed by atoms with Gasteiger partial charge in [-0.1, -0.05) is 24.3 Å². The molecule has 0 bridgehead atoms. The number of nitrogens with one attached hydrogen (secondary N) is 2. The Morgan fingerprint density at radius 1 is 1.35 bits per heavy atom. The second-order valence-corrected chi connectivity index (χ2v) is 4.83. The summed E-state index contributed by atoms with van der Waals surface area (Å²) in [4.78, 5) is 22.6. The summed E-state index contributed by atoms with van der Waals surface area (Å²) in [5.74, 6) is -1.26. The number of carbonyl (C=O) groups excluding carboxylic acids is 1. The molecule has 0 saturated carbocycles. The lowest BCUT2D eigenvalue weighted by Gasteiger charge is -2.26. The molecule has 0 radical (unpaired) electrons. The first kappa shape index (κ1) is 14.3. The molecule has 0 aliphatic heterocycles. The Hall–Kier alpha value is -2.08. The number of aliphatic hydroxyl groups excluding tert-OH is 1. The molecule has 0 spiro atoms. The number of carboxylic acids is 1. The summed E-state index contributed by atoms with van der Waals surface area (Å²) in [7, 11) is 0. The maximum atomic E-state index is 11.8. The molecule has 1 aliphatic carbocycles. The van der Waals surface area contributed by atoms with Crippen LogP contribution in [0.5, 0.6) is 0 Å². The van der Waals surface area contributed by atoms with Crippen molar-refractivity contribution < 1.29 is 19.8 Å². The van der Waals surface area contributed by atoms with Crippen molar-refractivity contribution in [2.24, 2.45) is 0 Å². The molecule has 1 aliphatic rings. The first-order chi connectivity index (χ1) is 9.61. The molecule has 20 heavy (non-hydrogen) atoms. The van der Waals surface area contributed by atoms with Gasteiger partial charge in [0.2, 0.25) is 0 Å². The fourth-order valence-electron chi connectivity index (χ4n) is 2.45. The summed E-state index contributed by atoms with van der Waals surface area (Å²) < 4.78 is 0. The third-order valence-electron chi connectivity index (χ3n) is 3.46. The number of amides is 2. The first-order valence-corrected chi connectivity index (χ1v) is 6.60. The monoisotopic (exact) mass is 278 g/mol. The van der Waals surface area contributed by atoms with E-state index in [1.165, 1.54) is 5.56 Å². The lowest BCUT2D eigenvalue weighted by molar-refractivity contribution is -0.140. The topological polar surface area (TPSA) is 98.7 Å². The number of hydrogen-bond donors (Lipinski definition) is 4. The highest BCUT2D eigenvalue weighted by atomic mass is 16.4. The molecule has 1 aromatic rings. The number of carboxylic acid groups (broad SMARTS) is 1. The van der Waals surface area contributed by atoms with Crippen LogP contribution in [-0.2, 0) is 11.2 Å². The number of aliphatic hydroxyl groups is 1. The van der Waals surface area contributed by atoms with Crippen LogP contribution >= 0.6 is 0 Å². The molecule has 1 aromatic carbocycles. The summed E-state index contributed by atoms with van der Waals surface area (Å²) in [6, 6.07) is 5.92. The highest BCUT2D eigenvalue weighted by Gasteiger charge is 2.24. The molecule has 6 nitrogen and oxygen atoms in total. The van der Waals surface area contributed by atoms with Gasteiger partial charge in [0.25, 0.3) is 0 Å². The summed E-state index contributed by atoms with van der Waals surface area (Å²) in [5.41, 5.74) is 2.28. The van der Waals surface area contributed by atoms with Crippen LogP contribution in [0, 0.1) is 0 Å². The third-order valence-corrected chi connectivity index (χ3v) is 3.46. The molecule has 2 rings (SSSR count). The summed E-state index contributed by atoms with van der Waals surface area (Å²) >= 11 is 0. The average Bonchev–Trinajstić information content (AvgIpc) is 2.45. The van der Waals surface area contributed by atoms with Crippen molar-refractivity contribution in [3.05, 3.63) is 35.4 Å². The fourth-order valence-corrected chi connectivity index (χ4v) is 2.45. The molecule has 0 aromatic heterocycles. The number of aryl methyl sites for hydroxylation is 1. The minimum atomic E-state index is -1.28. The Balaban J connectivity index is 2.01. The van der Waals surface area contributed by atoms with Crippen LogP contribution in [0.2, 0.25) is 0 Å². The Morgan fingerprint density at radius 3 is 2.80 bits per heavy atom. The van der Waals surface area contributed by atoms with Gasteiger partial charge in [-0.15, -0.1) is 0 Å². The van der Waals surface area contributed by atoms with Crippen LogP contribution in [0.4, 0.5) is 4.79 Å². The fraction of sp³-hybridized carbons (Fsp3) is 0.429. The van der Waals surface area contributed by atoms with Crippen LogP contribution in [0.25, 0.3) is 0 Å². The first-order valence-electron chi connectivity index (χ1n) is 6.60. The van der Waals surface area contributed by atoms with Crippen LogP contribution in [0.3, 0.4) is 0 Å². The minimum absolute atomic E-state index is 0.118. The van der Waals surface area contributed by atoms with Gasteiger partial charge in [-0.25, -0.2) is 9.59 Å². The van der Waals surface area contributed by atoms with Crippen molar-refractivity contribution in [3.8, 4) is 0 Å². The predicted octanol–water partition coefficient (Wildman–Crippen LogP) is 0.809. The van der Waals surface area contributed by atoms with E-state index in [0.29, 0.717) is 0 Å². The summed E-state index contributed by atoms with van der Waals surface area (Å²) in [6.45, 7) is -0.635. The van der Waals surface area contributed by atoms with Crippen molar-refractivity contribution in [2.75, 3.05) is 6.61 Å². The summed E-state index contributed by atoms with van der Waals surface area (Å²) in [5, 5.41) is 22.7. The van der Waals surface area contributed by atoms with Crippen molar-refractivity contribution in [1.82, 2.24) is 10.6 Å². The smallest absolute Gasteiger partial charge is 0.328 e. The molecule has 2 atom stereocenters. The molecule has 0 heterocycles. The van der Waals surface area contributed by atoms with E-state index >= 15 is 0 Å². The molecule has 1 unspecified atom stereocenters. The Labute approximate surface area is 116 Å². The number of fused-ring (bicyclic) bond motifs is 1. The SMILES string of the molecule is O=C(NC1CCCc2ccccc21)N[C@H](CO)C(=O)O. The zero-order chi connectivity index (χ0) is 14.5. The standard InChI is InChI=1S/C14H18N2O4/c17-8-12(13(18)19)16-14(20)15-11-7-3-5-9-4-1-2-6-10(9)11/h1-2,4,6,11-12,17H,3,5,7-8H2,(H,18,19)(H2,15,16,20)/t11?,12-/m1/s1. The van der Waals surface area contributed by atoms with E-state index in [2.05, 4.69) is 10.6 Å². The number of aliphatic carboxylic acids is 1. The minimum Gasteiger partial charge on any atom is -0.480 e. The second-order valence-electron chi connectivity index (χ2n) is 4.83. The van der Waals surface area contributed by atoms with Gasteiger partial charge in [0.1, 0.15) is 0 Å². The highest BCUT2D eigenvalue weighted by molar-refractivity contribution is 5.82.